The molecule has 0 amide bonds. The number of carbonyl (C=O) groups is 3. The minimum absolute atomic E-state index is 0.165. The van der Waals surface area contributed by atoms with Gasteiger partial charge in [0.1, 0.15) is 5.82 Å². The Bertz CT molecular complexity index is 1330. The maximum absolute atomic E-state index is 13.4. The second-order valence-corrected chi connectivity index (χ2v) is 9.74. The fourth-order valence-electron chi connectivity index (χ4n) is 4.23. The van der Waals surface area contributed by atoms with Crippen molar-refractivity contribution in [3.63, 3.8) is 0 Å². The van der Waals surface area contributed by atoms with Gasteiger partial charge in [-0.25, -0.2) is 19.4 Å². The maximum atomic E-state index is 13.4. The Hall–Kier alpha value is -4.18. The van der Waals surface area contributed by atoms with E-state index in [4.69, 9.17) is 19.2 Å². The van der Waals surface area contributed by atoms with Gasteiger partial charge in [0.05, 0.1) is 24.0 Å². The van der Waals surface area contributed by atoms with Crippen LogP contribution in [-0.4, -0.2) is 56.9 Å². The first-order valence-electron chi connectivity index (χ1n) is 13.3. The molecular weight excluding hydrogens is 516 g/mol. The molecule has 0 aliphatic heterocycles. The van der Waals surface area contributed by atoms with Crippen LogP contribution in [0.5, 0.6) is 0 Å². The zero-order valence-electron chi connectivity index (χ0n) is 23.4. The predicted molar refractivity (Wildman–Crippen MR) is 147 cm³/mol. The lowest BCUT2D eigenvalue weighted by Crippen LogP contribution is -2.26. The van der Waals surface area contributed by atoms with Gasteiger partial charge in [-0.2, -0.15) is 0 Å². The van der Waals surface area contributed by atoms with E-state index in [9.17, 15) is 24.6 Å². The number of carboxylic acid groups (broad SMARTS) is 1. The molecule has 40 heavy (non-hydrogen) atoms. The first kappa shape index (κ1) is 30.4. The number of hydrogen-bond acceptors (Lipinski definition) is 8. The molecule has 0 aliphatic carbocycles. The topological polar surface area (TPSA) is 137 Å². The monoisotopic (exact) mass is 552 g/mol. The summed E-state index contributed by atoms with van der Waals surface area (Å²) < 4.78 is 17.2. The third kappa shape index (κ3) is 7.47. The van der Waals surface area contributed by atoms with Crippen LogP contribution in [0, 0.1) is 0 Å². The summed E-state index contributed by atoms with van der Waals surface area (Å²) in [5.41, 5.74) is 2.95. The molecule has 0 saturated heterocycles. The summed E-state index contributed by atoms with van der Waals surface area (Å²) in [6, 6.07) is 14.2. The predicted octanol–water partition coefficient (Wildman–Crippen LogP) is 5.41. The second kappa shape index (κ2) is 13.7. The highest BCUT2D eigenvalue weighted by Crippen LogP contribution is 2.27. The lowest BCUT2D eigenvalue weighted by Gasteiger charge is -2.18. The molecule has 10 nitrogen and oxygen atoms in total. The number of ether oxygens (including phenoxy) is 3. The van der Waals surface area contributed by atoms with E-state index in [-0.39, 0.29) is 24.4 Å². The van der Waals surface area contributed by atoms with Crippen LogP contribution in [0.4, 0.5) is 4.79 Å². The number of aromatic nitrogens is 2. The Kier molecular flexibility index (Phi) is 10.4. The van der Waals surface area contributed by atoms with E-state index in [1.165, 1.54) is 6.92 Å². The first-order chi connectivity index (χ1) is 19.0. The van der Waals surface area contributed by atoms with Crippen LogP contribution in [-0.2, 0) is 27.2 Å². The summed E-state index contributed by atoms with van der Waals surface area (Å²) in [5.74, 6) is -1.55. The quantitative estimate of drug-likeness (QED) is 0.223. The summed E-state index contributed by atoms with van der Waals surface area (Å²) in [5, 5.41) is 19.4. The van der Waals surface area contributed by atoms with Crippen LogP contribution in [0.25, 0.3) is 11.1 Å². The van der Waals surface area contributed by atoms with Crippen molar-refractivity contribution in [2.75, 3.05) is 6.61 Å². The molecule has 214 valence electrons. The summed E-state index contributed by atoms with van der Waals surface area (Å²) in [7, 11) is 0. The second-order valence-electron chi connectivity index (χ2n) is 9.74. The van der Waals surface area contributed by atoms with Gasteiger partial charge in [-0.3, -0.25) is 0 Å². The number of carboxylic acids is 1. The number of aliphatic hydroxyl groups is 1. The minimum atomic E-state index is -1.22. The van der Waals surface area contributed by atoms with Crippen LogP contribution in [0.2, 0.25) is 0 Å². The van der Waals surface area contributed by atoms with Crippen molar-refractivity contribution in [2.45, 2.75) is 72.3 Å². The van der Waals surface area contributed by atoms with E-state index in [1.807, 2.05) is 31.2 Å². The molecule has 0 aliphatic rings. The SMILES string of the molecule is CCCc1nc(C(C)CO)c(C(=O)OC(C)OC(=O)OC(C)C)n1Cc1ccc(-c2ccccc2C(=O)O)cc1. The highest BCUT2D eigenvalue weighted by Gasteiger charge is 2.29. The molecule has 10 heteroatoms. The van der Waals surface area contributed by atoms with Gasteiger partial charge in [0.25, 0.3) is 0 Å². The van der Waals surface area contributed by atoms with Gasteiger partial charge < -0.3 is 29.0 Å². The van der Waals surface area contributed by atoms with Gasteiger partial charge in [-0.1, -0.05) is 56.3 Å². The number of esters is 1. The summed E-state index contributed by atoms with van der Waals surface area (Å²) in [6.45, 7) is 8.56. The van der Waals surface area contributed by atoms with Gasteiger partial charge >= 0.3 is 18.1 Å². The highest BCUT2D eigenvalue weighted by atomic mass is 16.8. The average molecular weight is 553 g/mol. The fourth-order valence-corrected chi connectivity index (χ4v) is 4.23. The smallest absolute Gasteiger partial charge is 0.478 e. The Morgan fingerprint density at radius 1 is 0.950 bits per heavy atom. The molecule has 2 N–H and O–H groups in total. The minimum Gasteiger partial charge on any atom is -0.478 e. The molecule has 3 aromatic rings. The molecule has 0 saturated carbocycles. The van der Waals surface area contributed by atoms with Crippen molar-refractivity contribution in [3.05, 3.63) is 76.9 Å². The molecular formula is C30H36N2O8. The molecule has 2 aromatic carbocycles. The number of benzene rings is 2. The fraction of sp³-hybridized carbons (Fsp3) is 0.400. The average Bonchev–Trinajstić information content (AvgIpc) is 3.26. The van der Waals surface area contributed by atoms with Crippen LogP contribution in [0.3, 0.4) is 0 Å². The molecule has 2 atom stereocenters. The normalized spacial score (nSPS) is 12.6. The molecule has 0 bridgehead atoms. The van der Waals surface area contributed by atoms with Crippen molar-refractivity contribution >= 4 is 18.1 Å². The lowest BCUT2D eigenvalue weighted by molar-refractivity contribution is -0.0871. The Morgan fingerprint density at radius 2 is 1.62 bits per heavy atom. The van der Waals surface area contributed by atoms with Gasteiger partial charge in [0.2, 0.25) is 6.29 Å². The molecule has 0 radical (unpaired) electrons. The van der Waals surface area contributed by atoms with Crippen LogP contribution in [0.15, 0.2) is 48.5 Å². The van der Waals surface area contributed by atoms with Crippen molar-refractivity contribution < 1.29 is 38.8 Å². The van der Waals surface area contributed by atoms with Crippen LogP contribution >= 0.6 is 0 Å². The van der Waals surface area contributed by atoms with E-state index in [0.717, 1.165) is 17.5 Å². The summed E-state index contributed by atoms with van der Waals surface area (Å²) in [4.78, 5) is 41.6. The molecule has 2 unspecified atom stereocenters. The number of aryl methyl sites for hydroxylation is 1. The van der Waals surface area contributed by atoms with E-state index >= 15 is 0 Å². The van der Waals surface area contributed by atoms with Gasteiger partial charge in [-0.05, 0) is 43.0 Å². The van der Waals surface area contributed by atoms with Gasteiger partial charge in [-0.15, -0.1) is 0 Å². The van der Waals surface area contributed by atoms with Gasteiger partial charge in [0, 0.05) is 25.8 Å². The zero-order valence-corrected chi connectivity index (χ0v) is 23.4. The number of imidazole rings is 1. The maximum Gasteiger partial charge on any atom is 0.511 e. The van der Waals surface area contributed by atoms with Crippen molar-refractivity contribution in [2.24, 2.45) is 0 Å². The Labute approximate surface area is 233 Å². The lowest BCUT2D eigenvalue weighted by atomic mass is 9.98. The third-order valence-electron chi connectivity index (χ3n) is 6.11. The third-order valence-corrected chi connectivity index (χ3v) is 6.11. The van der Waals surface area contributed by atoms with E-state index in [0.29, 0.717) is 23.5 Å². The number of rotatable bonds is 12. The van der Waals surface area contributed by atoms with E-state index < -0.39 is 36.4 Å². The number of aromatic carboxylic acids is 1. The molecule has 1 heterocycles. The highest BCUT2D eigenvalue weighted by molar-refractivity contribution is 5.96. The van der Waals surface area contributed by atoms with E-state index in [1.54, 1.807) is 49.6 Å². The Morgan fingerprint density at radius 3 is 2.23 bits per heavy atom. The Balaban J connectivity index is 1.95. The van der Waals surface area contributed by atoms with Crippen molar-refractivity contribution in [1.82, 2.24) is 9.55 Å². The first-order valence-corrected chi connectivity index (χ1v) is 13.3. The van der Waals surface area contributed by atoms with Crippen LogP contribution in [0.1, 0.15) is 84.9 Å². The van der Waals surface area contributed by atoms with Gasteiger partial charge in [0.15, 0.2) is 5.69 Å². The molecule has 0 fully saturated rings. The number of hydrogen-bond donors (Lipinski definition) is 2. The standard InChI is InChI=1S/C30H36N2O8/c1-6-9-25-31-26(19(4)17-33)27(29(36)39-20(5)40-30(37)38-18(2)3)32(25)16-21-12-14-22(15-13-21)23-10-7-8-11-24(23)28(34)35/h7-8,10-15,18-20,33H,6,9,16-17H2,1-5H3,(H,34,35). The summed E-state index contributed by atoms with van der Waals surface area (Å²) >= 11 is 0. The molecule has 3 rings (SSSR count). The van der Waals surface area contributed by atoms with Crippen molar-refractivity contribution in [3.8, 4) is 11.1 Å². The zero-order chi connectivity index (χ0) is 29.4. The van der Waals surface area contributed by atoms with Crippen LogP contribution < -0.4 is 0 Å². The largest absolute Gasteiger partial charge is 0.511 e. The number of carbonyl (C=O) groups excluding carboxylic acids is 2. The molecule has 0 spiro atoms. The summed E-state index contributed by atoms with van der Waals surface area (Å²) in [6.07, 6.45) is -1.22. The van der Waals surface area contributed by atoms with E-state index in [2.05, 4.69) is 0 Å². The number of aliphatic hydroxyl groups excluding tert-OH is 1. The number of nitrogens with zero attached hydrogens (tertiary/aromatic N) is 2. The molecule has 1 aromatic heterocycles. The van der Waals surface area contributed by atoms with Crippen molar-refractivity contribution in [1.29, 1.82) is 0 Å².